The molecule has 27 heavy (non-hydrogen) atoms. The largest absolute Gasteiger partial charge is 0.505 e. The third kappa shape index (κ3) is 3.45. The third-order valence-corrected chi connectivity index (χ3v) is 4.66. The smallest absolute Gasteiger partial charge is 0.343 e. The molecule has 2 heterocycles. The zero-order valence-corrected chi connectivity index (χ0v) is 16.3. The molecule has 1 aliphatic heterocycles. The highest BCUT2D eigenvalue weighted by Crippen LogP contribution is 2.29. The maximum Gasteiger partial charge on any atom is 0.343 e. The summed E-state index contributed by atoms with van der Waals surface area (Å²) in [7, 11) is 0. The Bertz CT molecular complexity index is 989. The predicted molar refractivity (Wildman–Crippen MR) is 107 cm³/mol. The van der Waals surface area contributed by atoms with Gasteiger partial charge in [-0.05, 0) is 64.5 Å². The molecule has 5 nitrogen and oxygen atoms in total. The Kier molecular flexibility index (Phi) is 5.04. The standard InChI is InChI=1S/C22H24N2O3/c1-6-27-22(26)20-15(4)23-19(21(20)25)12-17-11-14(3)24(16(17)5)18-9-7-13(2)8-10-18/h7-12,25H,6H2,1-5H3/b19-12-. The zero-order chi connectivity index (χ0) is 19.7. The van der Waals surface area contributed by atoms with E-state index in [1.165, 1.54) is 5.56 Å². The van der Waals surface area contributed by atoms with Crippen LogP contribution in [0.15, 0.2) is 52.4 Å². The van der Waals surface area contributed by atoms with Crippen LogP contribution >= 0.6 is 0 Å². The van der Waals surface area contributed by atoms with Gasteiger partial charge in [0.05, 0.1) is 12.3 Å². The average molecular weight is 364 g/mol. The molecule has 0 amide bonds. The second-order valence-electron chi connectivity index (χ2n) is 6.67. The van der Waals surface area contributed by atoms with Crippen LogP contribution in [0, 0.1) is 20.8 Å². The number of hydrogen-bond acceptors (Lipinski definition) is 4. The summed E-state index contributed by atoms with van der Waals surface area (Å²) in [5.41, 5.74) is 6.32. The number of carbonyl (C=O) groups is 1. The highest BCUT2D eigenvalue weighted by atomic mass is 16.5. The van der Waals surface area contributed by atoms with Crippen LogP contribution < -0.4 is 0 Å². The maximum absolute atomic E-state index is 12.0. The number of nitrogens with zero attached hydrogens (tertiary/aromatic N) is 2. The fourth-order valence-corrected chi connectivity index (χ4v) is 3.31. The summed E-state index contributed by atoms with van der Waals surface area (Å²) in [5, 5.41) is 10.5. The Morgan fingerprint density at radius 3 is 2.48 bits per heavy atom. The number of esters is 1. The van der Waals surface area contributed by atoms with Crippen molar-refractivity contribution >= 4 is 17.8 Å². The monoisotopic (exact) mass is 364 g/mol. The van der Waals surface area contributed by atoms with Gasteiger partial charge in [0, 0.05) is 17.1 Å². The first-order valence-electron chi connectivity index (χ1n) is 8.97. The highest BCUT2D eigenvalue weighted by Gasteiger charge is 2.27. The predicted octanol–water partition coefficient (Wildman–Crippen LogP) is 4.59. The maximum atomic E-state index is 12.0. The van der Waals surface area contributed by atoms with Crippen LogP contribution in [0.4, 0.5) is 0 Å². The second-order valence-corrected chi connectivity index (χ2v) is 6.67. The van der Waals surface area contributed by atoms with Gasteiger partial charge in [-0.25, -0.2) is 9.79 Å². The summed E-state index contributed by atoms with van der Waals surface area (Å²) < 4.78 is 7.17. The fourth-order valence-electron chi connectivity index (χ4n) is 3.31. The number of aromatic nitrogens is 1. The first-order valence-corrected chi connectivity index (χ1v) is 8.97. The van der Waals surface area contributed by atoms with Crippen molar-refractivity contribution in [2.45, 2.75) is 34.6 Å². The van der Waals surface area contributed by atoms with E-state index in [0.29, 0.717) is 11.4 Å². The Morgan fingerprint density at radius 2 is 1.85 bits per heavy atom. The molecule has 0 saturated carbocycles. The van der Waals surface area contributed by atoms with E-state index < -0.39 is 5.97 Å². The van der Waals surface area contributed by atoms with Gasteiger partial charge >= 0.3 is 5.97 Å². The normalized spacial score (nSPS) is 15.4. The number of rotatable bonds is 4. The van der Waals surface area contributed by atoms with Crippen molar-refractivity contribution in [3.05, 3.63) is 69.9 Å². The van der Waals surface area contributed by atoms with Gasteiger partial charge in [-0.2, -0.15) is 0 Å². The zero-order valence-electron chi connectivity index (χ0n) is 16.3. The lowest BCUT2D eigenvalue weighted by Crippen LogP contribution is -2.13. The molecule has 3 rings (SSSR count). The molecule has 0 aliphatic carbocycles. The number of ether oxygens (including phenoxy) is 1. The van der Waals surface area contributed by atoms with Crippen LogP contribution in [0.25, 0.3) is 11.8 Å². The Labute approximate surface area is 159 Å². The average Bonchev–Trinajstić information content (AvgIpc) is 3.05. The molecule has 0 unspecified atom stereocenters. The van der Waals surface area contributed by atoms with E-state index in [1.54, 1.807) is 19.9 Å². The molecular weight excluding hydrogens is 340 g/mol. The molecule has 1 aromatic heterocycles. The van der Waals surface area contributed by atoms with Gasteiger partial charge in [-0.3, -0.25) is 0 Å². The first kappa shape index (κ1) is 18.7. The number of aryl methyl sites for hydroxylation is 2. The molecule has 1 aliphatic rings. The number of carbonyl (C=O) groups excluding carboxylic acids is 1. The molecular formula is C22H24N2O3. The molecule has 0 spiro atoms. The van der Waals surface area contributed by atoms with Crippen LogP contribution in [0.5, 0.6) is 0 Å². The molecule has 140 valence electrons. The van der Waals surface area contributed by atoms with Crippen molar-refractivity contribution < 1.29 is 14.6 Å². The SMILES string of the molecule is CCOC(=O)C1=C(O)/C(=C/c2cc(C)n(-c3ccc(C)cc3)c2C)N=C1C. The molecule has 0 radical (unpaired) electrons. The van der Waals surface area contributed by atoms with Crippen molar-refractivity contribution in [1.82, 2.24) is 4.57 Å². The van der Waals surface area contributed by atoms with Crippen molar-refractivity contribution in [3.8, 4) is 5.69 Å². The van der Waals surface area contributed by atoms with E-state index in [2.05, 4.69) is 40.7 Å². The van der Waals surface area contributed by atoms with Crippen LogP contribution in [-0.4, -0.2) is 28.0 Å². The summed E-state index contributed by atoms with van der Waals surface area (Å²) in [6.07, 6.45) is 1.80. The Hall–Kier alpha value is -3.08. The van der Waals surface area contributed by atoms with Crippen LogP contribution in [0.3, 0.4) is 0 Å². The van der Waals surface area contributed by atoms with Crippen LogP contribution in [0.1, 0.15) is 36.4 Å². The molecule has 0 atom stereocenters. The number of hydrogen-bond donors (Lipinski definition) is 1. The van der Waals surface area contributed by atoms with Gasteiger partial charge in [0.15, 0.2) is 5.76 Å². The van der Waals surface area contributed by atoms with Crippen molar-refractivity contribution in [3.63, 3.8) is 0 Å². The van der Waals surface area contributed by atoms with E-state index in [9.17, 15) is 9.90 Å². The highest BCUT2D eigenvalue weighted by molar-refractivity contribution is 6.22. The molecule has 1 N–H and O–H groups in total. The summed E-state index contributed by atoms with van der Waals surface area (Å²) in [6.45, 7) is 9.80. The topological polar surface area (TPSA) is 63.8 Å². The third-order valence-electron chi connectivity index (χ3n) is 4.66. The number of aliphatic hydroxyl groups is 1. The van der Waals surface area contributed by atoms with E-state index in [4.69, 9.17) is 4.74 Å². The molecule has 1 aromatic carbocycles. The summed E-state index contributed by atoms with van der Waals surface area (Å²) >= 11 is 0. The minimum atomic E-state index is -0.551. The van der Waals surface area contributed by atoms with Gasteiger partial charge in [0.1, 0.15) is 11.3 Å². The van der Waals surface area contributed by atoms with Gasteiger partial charge < -0.3 is 14.4 Å². The fraction of sp³-hybridized carbons (Fsp3) is 0.273. The van der Waals surface area contributed by atoms with Crippen molar-refractivity contribution in [1.29, 1.82) is 0 Å². The lowest BCUT2D eigenvalue weighted by atomic mass is 10.1. The summed E-state index contributed by atoms with van der Waals surface area (Å²) in [4.78, 5) is 16.4. The Balaban J connectivity index is 2.03. The summed E-state index contributed by atoms with van der Waals surface area (Å²) in [5.74, 6) is -0.684. The minimum Gasteiger partial charge on any atom is -0.505 e. The van der Waals surface area contributed by atoms with E-state index in [-0.39, 0.29) is 17.9 Å². The molecule has 0 saturated heterocycles. The van der Waals surface area contributed by atoms with Crippen LogP contribution in [0.2, 0.25) is 0 Å². The lowest BCUT2D eigenvalue weighted by Gasteiger charge is -2.10. The number of benzene rings is 1. The quantitative estimate of drug-likeness (QED) is 0.807. The molecule has 5 heteroatoms. The second kappa shape index (κ2) is 7.27. The van der Waals surface area contributed by atoms with Gasteiger partial charge in [-0.15, -0.1) is 0 Å². The van der Waals surface area contributed by atoms with E-state index in [1.807, 2.05) is 19.9 Å². The summed E-state index contributed by atoms with van der Waals surface area (Å²) in [6, 6.07) is 10.4. The van der Waals surface area contributed by atoms with Gasteiger partial charge in [0.2, 0.25) is 0 Å². The van der Waals surface area contributed by atoms with Gasteiger partial charge in [0.25, 0.3) is 0 Å². The van der Waals surface area contributed by atoms with E-state index >= 15 is 0 Å². The lowest BCUT2D eigenvalue weighted by molar-refractivity contribution is -0.138. The van der Waals surface area contributed by atoms with Gasteiger partial charge in [-0.1, -0.05) is 17.7 Å². The minimum absolute atomic E-state index is 0.133. The van der Waals surface area contributed by atoms with Crippen LogP contribution in [-0.2, 0) is 9.53 Å². The van der Waals surface area contributed by atoms with Crippen molar-refractivity contribution in [2.24, 2.45) is 4.99 Å². The first-order chi connectivity index (χ1) is 12.8. The number of aliphatic hydroxyl groups excluding tert-OH is 1. The van der Waals surface area contributed by atoms with E-state index in [0.717, 1.165) is 22.6 Å². The number of aliphatic imine (C=N–C) groups is 1. The molecule has 0 fully saturated rings. The molecule has 2 aromatic rings. The Morgan fingerprint density at radius 1 is 1.19 bits per heavy atom. The van der Waals surface area contributed by atoms with Crippen molar-refractivity contribution in [2.75, 3.05) is 6.61 Å². The molecule has 0 bridgehead atoms.